The number of urea groups is 1. The predicted octanol–water partition coefficient (Wildman–Crippen LogP) is 3.59. The van der Waals surface area contributed by atoms with Gasteiger partial charge in [0.1, 0.15) is 0 Å². The molecule has 0 aromatic heterocycles. The average molecular weight is 387 g/mol. The summed E-state index contributed by atoms with van der Waals surface area (Å²) < 4.78 is 4.96. The largest absolute Gasteiger partial charge is 0.466 e. The fourth-order valence-electron chi connectivity index (χ4n) is 3.24. The van der Waals surface area contributed by atoms with Crippen LogP contribution in [-0.2, 0) is 14.3 Å². The summed E-state index contributed by atoms with van der Waals surface area (Å²) in [6, 6.07) is 6.27. The minimum absolute atomic E-state index is 0.0464. The summed E-state index contributed by atoms with van der Waals surface area (Å²) in [5, 5.41) is 5.74. The lowest BCUT2D eigenvalue weighted by molar-refractivity contribution is -0.136. The summed E-state index contributed by atoms with van der Waals surface area (Å²) in [6.07, 6.45) is 1.22. The van der Waals surface area contributed by atoms with Crippen molar-refractivity contribution in [2.24, 2.45) is 5.92 Å². The van der Waals surface area contributed by atoms with Crippen LogP contribution in [0.3, 0.4) is 0 Å². The number of methoxy groups -OCH3 is 1. The Morgan fingerprint density at radius 3 is 2.43 bits per heavy atom. The van der Waals surface area contributed by atoms with Gasteiger partial charge in [-0.25, -0.2) is 9.59 Å². The van der Waals surface area contributed by atoms with Gasteiger partial charge in [0.15, 0.2) is 0 Å². The van der Waals surface area contributed by atoms with Crippen LogP contribution < -0.4 is 10.6 Å². The number of hydrogen-bond donors (Lipinski definition) is 2. The first-order valence-electron chi connectivity index (χ1n) is 9.55. The van der Waals surface area contributed by atoms with Crippen LogP contribution >= 0.6 is 0 Å². The number of amides is 3. The van der Waals surface area contributed by atoms with E-state index >= 15 is 0 Å². The summed E-state index contributed by atoms with van der Waals surface area (Å²) in [6.45, 7) is 8.22. The molecular formula is C21H29N3O4. The maximum absolute atomic E-state index is 12.5. The number of esters is 1. The van der Waals surface area contributed by atoms with E-state index in [1.807, 2.05) is 20.8 Å². The summed E-state index contributed by atoms with van der Waals surface area (Å²) >= 11 is 0. The lowest BCUT2D eigenvalue weighted by Gasteiger charge is -2.35. The van der Waals surface area contributed by atoms with Crippen molar-refractivity contribution in [1.82, 2.24) is 10.2 Å². The Kier molecular flexibility index (Phi) is 7.20. The lowest BCUT2D eigenvalue weighted by atomic mass is 9.94. The van der Waals surface area contributed by atoms with E-state index in [2.05, 4.69) is 10.6 Å². The van der Waals surface area contributed by atoms with Crippen LogP contribution in [0.1, 0.15) is 52.1 Å². The van der Waals surface area contributed by atoms with E-state index in [4.69, 9.17) is 4.74 Å². The fourth-order valence-corrected chi connectivity index (χ4v) is 3.24. The second-order valence-corrected chi connectivity index (χ2v) is 7.29. The van der Waals surface area contributed by atoms with E-state index in [9.17, 15) is 14.4 Å². The van der Waals surface area contributed by atoms with Gasteiger partial charge in [-0.1, -0.05) is 32.9 Å². The minimum Gasteiger partial charge on any atom is -0.466 e. The number of anilines is 1. The molecule has 2 rings (SSSR count). The zero-order valence-corrected chi connectivity index (χ0v) is 17.2. The number of nitrogens with one attached hydrogen (secondary N) is 2. The van der Waals surface area contributed by atoms with E-state index in [1.54, 1.807) is 36.1 Å². The Balaban J connectivity index is 2.30. The van der Waals surface area contributed by atoms with Crippen LogP contribution in [0.4, 0.5) is 10.5 Å². The molecule has 1 aliphatic rings. The van der Waals surface area contributed by atoms with Gasteiger partial charge in [0.2, 0.25) is 5.91 Å². The highest BCUT2D eigenvalue weighted by Gasteiger charge is 2.35. The van der Waals surface area contributed by atoms with Gasteiger partial charge in [-0.15, -0.1) is 0 Å². The third kappa shape index (κ3) is 4.91. The molecule has 2 N–H and O–H groups in total. The molecule has 0 spiro atoms. The van der Waals surface area contributed by atoms with Crippen molar-refractivity contribution in [3.05, 3.63) is 41.1 Å². The van der Waals surface area contributed by atoms with E-state index in [0.717, 1.165) is 12.0 Å². The van der Waals surface area contributed by atoms with Gasteiger partial charge in [-0.3, -0.25) is 9.69 Å². The molecule has 0 bridgehead atoms. The van der Waals surface area contributed by atoms with Gasteiger partial charge in [0, 0.05) is 24.4 Å². The molecule has 7 nitrogen and oxygen atoms in total. The van der Waals surface area contributed by atoms with Gasteiger partial charge in [0.25, 0.3) is 0 Å². The molecule has 28 heavy (non-hydrogen) atoms. The molecule has 1 heterocycles. The molecule has 1 unspecified atom stereocenters. The minimum atomic E-state index is -0.603. The number of allylic oxidation sites excluding steroid dienone is 1. The van der Waals surface area contributed by atoms with E-state index in [0.29, 0.717) is 29.9 Å². The van der Waals surface area contributed by atoms with Crippen LogP contribution in [0.25, 0.3) is 0 Å². The summed E-state index contributed by atoms with van der Waals surface area (Å²) in [7, 11) is 1.33. The number of carbonyl (C=O) groups is 3. The predicted molar refractivity (Wildman–Crippen MR) is 108 cm³/mol. The van der Waals surface area contributed by atoms with Crippen molar-refractivity contribution in [1.29, 1.82) is 0 Å². The number of rotatable bonds is 7. The Morgan fingerprint density at radius 2 is 1.89 bits per heavy atom. The van der Waals surface area contributed by atoms with Gasteiger partial charge in [0.05, 0.1) is 18.7 Å². The second-order valence-electron chi connectivity index (χ2n) is 7.29. The van der Waals surface area contributed by atoms with Crippen molar-refractivity contribution in [3.63, 3.8) is 0 Å². The molecule has 152 valence electrons. The lowest BCUT2D eigenvalue weighted by Crippen LogP contribution is -2.48. The Labute approximate surface area is 166 Å². The molecule has 1 aromatic carbocycles. The first-order chi connectivity index (χ1) is 13.3. The van der Waals surface area contributed by atoms with E-state index < -0.39 is 12.0 Å². The van der Waals surface area contributed by atoms with Crippen molar-refractivity contribution >= 4 is 23.6 Å². The van der Waals surface area contributed by atoms with E-state index in [-0.39, 0.29) is 17.9 Å². The maximum Gasteiger partial charge on any atom is 0.337 e. The second kappa shape index (κ2) is 9.39. The van der Waals surface area contributed by atoms with Gasteiger partial charge in [-0.2, -0.15) is 0 Å². The number of carbonyl (C=O) groups excluding carboxylic acids is 3. The maximum atomic E-state index is 12.5. The van der Waals surface area contributed by atoms with Crippen LogP contribution in [0.15, 0.2) is 35.5 Å². The van der Waals surface area contributed by atoms with Crippen LogP contribution in [-0.4, -0.2) is 36.5 Å². The van der Waals surface area contributed by atoms with Crippen molar-refractivity contribution in [3.8, 4) is 0 Å². The highest BCUT2D eigenvalue weighted by atomic mass is 16.5. The molecule has 1 aromatic rings. The summed E-state index contributed by atoms with van der Waals surface area (Å²) in [4.78, 5) is 38.4. The molecule has 0 radical (unpaired) electrons. The monoisotopic (exact) mass is 387 g/mol. The number of ether oxygens (including phenoxy) is 1. The fraction of sp³-hybridized carbons (Fsp3) is 0.476. The molecule has 0 fully saturated rings. The quantitative estimate of drug-likeness (QED) is 0.700. The van der Waals surface area contributed by atoms with Crippen LogP contribution in [0.2, 0.25) is 0 Å². The Hall–Kier alpha value is -2.83. The van der Waals surface area contributed by atoms with Gasteiger partial charge < -0.3 is 15.4 Å². The normalized spacial score (nSPS) is 16.9. The number of nitrogens with zero attached hydrogens (tertiary/aromatic N) is 1. The number of hydrogen-bond acceptors (Lipinski definition) is 4. The Morgan fingerprint density at radius 1 is 1.25 bits per heavy atom. The molecule has 0 aliphatic carbocycles. The zero-order valence-electron chi connectivity index (χ0n) is 17.2. The molecule has 1 atom stereocenters. The summed E-state index contributed by atoms with van der Waals surface area (Å²) in [5.74, 6) is -0.244. The molecule has 0 saturated heterocycles. The first kappa shape index (κ1) is 21.5. The standard InChI is InChI=1S/C21H29N3O4/c1-6-11-24-14(4)18(20(26)28-5)19(23-21(24)27)15-7-9-16(10-8-15)22-17(25)12-13(2)3/h7-10,13,19H,6,11-12H2,1-5H3,(H,22,25)(H,23,27). The van der Waals surface area contributed by atoms with Crippen LogP contribution in [0, 0.1) is 5.92 Å². The summed E-state index contributed by atoms with van der Waals surface area (Å²) in [5.41, 5.74) is 2.42. The van der Waals surface area contributed by atoms with Crippen molar-refractivity contribution in [2.75, 3.05) is 19.0 Å². The molecule has 3 amide bonds. The van der Waals surface area contributed by atoms with Gasteiger partial charge in [-0.05, 0) is 37.0 Å². The van der Waals surface area contributed by atoms with Gasteiger partial charge >= 0.3 is 12.0 Å². The topological polar surface area (TPSA) is 87.7 Å². The zero-order chi connectivity index (χ0) is 20.8. The smallest absolute Gasteiger partial charge is 0.337 e. The van der Waals surface area contributed by atoms with Crippen molar-refractivity contribution < 1.29 is 19.1 Å². The van der Waals surface area contributed by atoms with Crippen molar-refractivity contribution in [2.45, 2.75) is 46.6 Å². The van der Waals surface area contributed by atoms with E-state index in [1.165, 1.54) is 7.11 Å². The molecular weight excluding hydrogens is 358 g/mol. The SMILES string of the molecule is CCCN1C(=O)NC(c2ccc(NC(=O)CC(C)C)cc2)C(C(=O)OC)=C1C. The van der Waals surface area contributed by atoms with Crippen LogP contribution in [0.5, 0.6) is 0 Å². The molecule has 1 aliphatic heterocycles. The third-order valence-corrected chi connectivity index (χ3v) is 4.57. The molecule has 7 heteroatoms. The average Bonchev–Trinajstić information content (AvgIpc) is 2.64. The molecule has 0 saturated carbocycles. The first-order valence-corrected chi connectivity index (χ1v) is 9.55. The highest BCUT2D eigenvalue weighted by Crippen LogP contribution is 2.31. The Bertz CT molecular complexity index is 768. The number of benzene rings is 1. The highest BCUT2D eigenvalue weighted by molar-refractivity contribution is 5.95. The third-order valence-electron chi connectivity index (χ3n) is 4.57.